The van der Waals surface area contributed by atoms with Crippen LogP contribution in [0.1, 0.15) is 6.92 Å². The SMILES string of the molecule is C#CC(=O)NCC(=C)C. The van der Waals surface area contributed by atoms with Crippen LogP contribution in [0.25, 0.3) is 0 Å². The molecule has 1 N–H and O–H groups in total. The van der Waals surface area contributed by atoms with Crippen molar-refractivity contribution in [2.75, 3.05) is 6.54 Å². The summed E-state index contributed by atoms with van der Waals surface area (Å²) in [4.78, 5) is 10.3. The van der Waals surface area contributed by atoms with Crippen molar-refractivity contribution in [1.82, 2.24) is 5.32 Å². The number of amides is 1. The highest BCUT2D eigenvalue weighted by Crippen LogP contribution is 1.79. The fourth-order valence-electron chi connectivity index (χ4n) is 0.282. The molecule has 2 heteroatoms. The first-order valence-corrected chi connectivity index (χ1v) is 2.55. The summed E-state index contributed by atoms with van der Waals surface area (Å²) in [7, 11) is 0. The highest BCUT2D eigenvalue weighted by atomic mass is 16.1. The highest BCUT2D eigenvalue weighted by molar-refractivity contribution is 5.92. The molecule has 9 heavy (non-hydrogen) atoms. The van der Waals surface area contributed by atoms with Crippen LogP contribution in [0.3, 0.4) is 0 Å². The Balaban J connectivity index is 3.43. The Bertz CT molecular complexity index is 164. The van der Waals surface area contributed by atoms with Gasteiger partial charge < -0.3 is 5.32 Å². The lowest BCUT2D eigenvalue weighted by molar-refractivity contribution is -0.115. The molecular formula is C7H9NO. The smallest absolute Gasteiger partial charge is 0.295 e. The molecule has 0 aromatic carbocycles. The van der Waals surface area contributed by atoms with Gasteiger partial charge in [-0.15, -0.1) is 6.42 Å². The molecule has 0 rings (SSSR count). The third kappa shape index (κ3) is 4.63. The fourth-order valence-corrected chi connectivity index (χ4v) is 0.282. The van der Waals surface area contributed by atoms with E-state index in [2.05, 4.69) is 11.9 Å². The lowest BCUT2D eigenvalue weighted by Gasteiger charge is -1.96. The molecule has 2 nitrogen and oxygen atoms in total. The molecule has 0 saturated heterocycles. The van der Waals surface area contributed by atoms with Crippen LogP contribution in [0.4, 0.5) is 0 Å². The van der Waals surface area contributed by atoms with Gasteiger partial charge in [0.1, 0.15) is 0 Å². The minimum atomic E-state index is -0.391. The summed E-state index contributed by atoms with van der Waals surface area (Å²) in [5, 5.41) is 2.46. The minimum Gasteiger partial charge on any atom is -0.342 e. The molecular weight excluding hydrogens is 114 g/mol. The first-order chi connectivity index (χ1) is 4.16. The zero-order valence-corrected chi connectivity index (χ0v) is 5.40. The van der Waals surface area contributed by atoms with Crippen LogP contribution in [0.15, 0.2) is 12.2 Å². The van der Waals surface area contributed by atoms with Gasteiger partial charge in [0.15, 0.2) is 0 Å². The Hall–Kier alpha value is -1.23. The largest absolute Gasteiger partial charge is 0.342 e. The quantitative estimate of drug-likeness (QED) is 0.415. The summed E-state index contributed by atoms with van der Waals surface area (Å²) in [5.41, 5.74) is 0.888. The molecule has 0 unspecified atom stereocenters. The molecule has 0 radical (unpaired) electrons. The maximum absolute atomic E-state index is 10.3. The van der Waals surface area contributed by atoms with Gasteiger partial charge in [-0.1, -0.05) is 12.2 Å². The lowest BCUT2D eigenvalue weighted by atomic mass is 10.3. The van der Waals surface area contributed by atoms with Gasteiger partial charge in [0.05, 0.1) is 0 Å². The molecule has 0 aliphatic rings. The molecule has 0 spiro atoms. The van der Waals surface area contributed by atoms with Gasteiger partial charge in [0, 0.05) is 6.54 Å². The van der Waals surface area contributed by atoms with Crippen molar-refractivity contribution < 1.29 is 4.79 Å². The predicted octanol–water partition coefficient (Wildman–Crippen LogP) is 0.312. The van der Waals surface area contributed by atoms with E-state index >= 15 is 0 Å². The third-order valence-corrected chi connectivity index (χ3v) is 0.682. The second kappa shape index (κ2) is 3.73. The van der Waals surface area contributed by atoms with Crippen molar-refractivity contribution in [2.24, 2.45) is 0 Å². The summed E-state index contributed by atoms with van der Waals surface area (Å²) in [6.07, 6.45) is 4.77. The molecule has 0 saturated carbocycles. The number of rotatable bonds is 2. The van der Waals surface area contributed by atoms with E-state index in [0.717, 1.165) is 5.57 Å². The molecule has 0 fully saturated rings. The first-order valence-electron chi connectivity index (χ1n) is 2.55. The van der Waals surface area contributed by atoms with E-state index in [1.807, 2.05) is 12.8 Å². The molecule has 0 bridgehead atoms. The molecule has 0 atom stereocenters. The van der Waals surface area contributed by atoms with Crippen LogP contribution in [0.2, 0.25) is 0 Å². The Morgan fingerprint density at radius 3 is 2.78 bits per heavy atom. The van der Waals surface area contributed by atoms with Crippen LogP contribution >= 0.6 is 0 Å². The van der Waals surface area contributed by atoms with Crippen LogP contribution < -0.4 is 5.32 Å². The summed E-state index contributed by atoms with van der Waals surface area (Å²) in [6, 6.07) is 0. The fraction of sp³-hybridized carbons (Fsp3) is 0.286. The van der Waals surface area contributed by atoms with E-state index in [9.17, 15) is 4.79 Å². The number of hydrogen-bond donors (Lipinski definition) is 1. The van der Waals surface area contributed by atoms with Crippen LogP contribution in [-0.2, 0) is 4.79 Å². The molecule has 1 amide bonds. The molecule has 0 aromatic heterocycles. The van der Waals surface area contributed by atoms with E-state index in [1.165, 1.54) is 0 Å². The van der Waals surface area contributed by atoms with Gasteiger partial charge in [-0.2, -0.15) is 0 Å². The monoisotopic (exact) mass is 123 g/mol. The average molecular weight is 123 g/mol. The van der Waals surface area contributed by atoms with E-state index < -0.39 is 5.91 Å². The molecule has 0 aliphatic heterocycles. The van der Waals surface area contributed by atoms with E-state index in [1.54, 1.807) is 0 Å². The maximum atomic E-state index is 10.3. The highest BCUT2D eigenvalue weighted by Gasteiger charge is 1.90. The third-order valence-electron chi connectivity index (χ3n) is 0.682. The van der Waals surface area contributed by atoms with Crippen molar-refractivity contribution in [2.45, 2.75) is 6.92 Å². The van der Waals surface area contributed by atoms with E-state index in [0.29, 0.717) is 6.54 Å². The Kier molecular flexibility index (Phi) is 3.22. The van der Waals surface area contributed by atoms with Gasteiger partial charge in [-0.05, 0) is 12.8 Å². The van der Waals surface area contributed by atoms with Gasteiger partial charge >= 0.3 is 0 Å². The van der Waals surface area contributed by atoms with Crippen LogP contribution in [-0.4, -0.2) is 12.5 Å². The Morgan fingerprint density at radius 2 is 2.44 bits per heavy atom. The molecule has 0 aliphatic carbocycles. The van der Waals surface area contributed by atoms with Crippen molar-refractivity contribution >= 4 is 5.91 Å². The van der Waals surface area contributed by atoms with Crippen molar-refractivity contribution in [3.05, 3.63) is 12.2 Å². The average Bonchev–Trinajstić information content (AvgIpc) is 1.83. The number of hydrogen-bond acceptors (Lipinski definition) is 1. The van der Waals surface area contributed by atoms with Crippen molar-refractivity contribution in [3.63, 3.8) is 0 Å². The van der Waals surface area contributed by atoms with Gasteiger partial charge in [-0.3, -0.25) is 4.79 Å². The second-order valence-corrected chi connectivity index (χ2v) is 1.78. The zero-order chi connectivity index (χ0) is 7.28. The minimum absolute atomic E-state index is 0.391. The van der Waals surface area contributed by atoms with E-state index in [-0.39, 0.29) is 0 Å². The van der Waals surface area contributed by atoms with Crippen molar-refractivity contribution in [3.8, 4) is 12.3 Å². The summed E-state index contributed by atoms with van der Waals surface area (Å²) in [5.74, 6) is 1.54. The maximum Gasteiger partial charge on any atom is 0.295 e. The lowest BCUT2D eigenvalue weighted by Crippen LogP contribution is -2.22. The Morgan fingerprint density at radius 1 is 1.89 bits per heavy atom. The van der Waals surface area contributed by atoms with Gasteiger partial charge in [0.25, 0.3) is 5.91 Å². The summed E-state index contributed by atoms with van der Waals surface area (Å²) in [6.45, 7) is 5.86. The number of nitrogens with one attached hydrogen (secondary N) is 1. The first kappa shape index (κ1) is 7.77. The number of terminal acetylenes is 1. The van der Waals surface area contributed by atoms with Crippen molar-refractivity contribution in [1.29, 1.82) is 0 Å². The predicted molar refractivity (Wildman–Crippen MR) is 36.7 cm³/mol. The molecule has 0 aromatic rings. The zero-order valence-electron chi connectivity index (χ0n) is 5.40. The Labute approximate surface area is 54.9 Å². The topological polar surface area (TPSA) is 29.1 Å². The molecule has 0 heterocycles. The molecule has 48 valence electrons. The number of carbonyl (C=O) groups is 1. The standard InChI is InChI=1S/C7H9NO/c1-4-7(9)8-5-6(2)3/h1H,2,5H2,3H3,(H,8,9). The summed E-state index contributed by atoms with van der Waals surface area (Å²) >= 11 is 0. The van der Waals surface area contributed by atoms with Gasteiger partial charge in [-0.25, -0.2) is 0 Å². The van der Waals surface area contributed by atoms with E-state index in [4.69, 9.17) is 6.42 Å². The normalized spacial score (nSPS) is 7.56. The summed E-state index contributed by atoms with van der Waals surface area (Å²) < 4.78 is 0. The van der Waals surface area contributed by atoms with Crippen LogP contribution in [0, 0.1) is 12.3 Å². The van der Waals surface area contributed by atoms with Crippen LogP contribution in [0.5, 0.6) is 0 Å². The van der Waals surface area contributed by atoms with Gasteiger partial charge in [0.2, 0.25) is 0 Å². The number of carbonyl (C=O) groups excluding carboxylic acids is 1. The second-order valence-electron chi connectivity index (χ2n) is 1.78.